The van der Waals surface area contributed by atoms with Crippen LogP contribution in [0.3, 0.4) is 0 Å². The Balaban J connectivity index is 1.33. The number of ether oxygens (including phenoxy) is 7. The zero-order valence-electron chi connectivity index (χ0n) is 33.1. The lowest BCUT2D eigenvalue weighted by Gasteiger charge is -2.41. The SMILES string of the molecule is CC(=O)O[C@@H]1C(COC(=O)CC(=O)O)O[C@@H](Oc2cc(O)cc3[o+]c(-c4cc(O)c(O)c(O)c4)c(O[C@@H]4O[C@H](COC(=O)/C=C/c5ccc(O)cc5)[C@@H](O)C(O)C4O)cc23)C(O)[C@H]1O. The Kier molecular flexibility index (Phi) is 14.2. The third-order valence-electron chi connectivity index (χ3n) is 9.63. The summed E-state index contributed by atoms with van der Waals surface area (Å²) in [5, 5.41) is 114. The second kappa shape index (κ2) is 19.6. The van der Waals surface area contributed by atoms with Crippen molar-refractivity contribution in [2.75, 3.05) is 13.2 Å². The molecule has 0 radical (unpaired) electrons. The van der Waals surface area contributed by atoms with E-state index in [0.717, 1.165) is 43.3 Å². The van der Waals surface area contributed by atoms with Crippen molar-refractivity contribution < 1.29 is 113 Å². The summed E-state index contributed by atoms with van der Waals surface area (Å²) in [5.74, 6) is -9.04. The molecule has 6 rings (SSSR count). The van der Waals surface area contributed by atoms with Gasteiger partial charge in [-0.25, -0.2) is 9.21 Å². The summed E-state index contributed by atoms with van der Waals surface area (Å²) in [5.41, 5.74) is 0.0527. The maximum atomic E-state index is 12.5. The molecule has 2 saturated heterocycles. The Morgan fingerprint density at radius 2 is 1.31 bits per heavy atom. The minimum Gasteiger partial charge on any atom is -0.508 e. The molecule has 11 N–H and O–H groups in total. The molecule has 2 aliphatic rings. The monoisotopic (exact) mass is 901 g/mol. The van der Waals surface area contributed by atoms with E-state index in [1.807, 2.05) is 0 Å². The van der Waals surface area contributed by atoms with Gasteiger partial charge in [-0.2, -0.15) is 0 Å². The van der Waals surface area contributed by atoms with E-state index in [1.165, 1.54) is 30.3 Å². The molecule has 23 nitrogen and oxygen atoms in total. The van der Waals surface area contributed by atoms with Crippen molar-refractivity contribution in [3.05, 3.63) is 66.2 Å². The van der Waals surface area contributed by atoms with E-state index >= 15 is 0 Å². The summed E-state index contributed by atoms with van der Waals surface area (Å²) in [4.78, 5) is 47.4. The fraction of sp³-hybridized carbons (Fsp3) is 0.341. The highest BCUT2D eigenvalue weighted by Gasteiger charge is 2.49. The zero-order chi connectivity index (χ0) is 46.6. The lowest BCUT2D eigenvalue weighted by molar-refractivity contribution is -0.281. The van der Waals surface area contributed by atoms with Crippen molar-refractivity contribution in [1.82, 2.24) is 0 Å². The number of hydrogen-bond donors (Lipinski definition) is 11. The number of rotatable bonds is 14. The highest BCUT2D eigenvalue weighted by Crippen LogP contribution is 2.45. The number of benzene rings is 3. The number of aromatic hydroxyl groups is 5. The molecule has 10 atom stereocenters. The normalized spacial score (nSPS) is 25.7. The summed E-state index contributed by atoms with van der Waals surface area (Å²) in [6.07, 6.45) is -17.2. The summed E-state index contributed by atoms with van der Waals surface area (Å²) in [7, 11) is 0. The summed E-state index contributed by atoms with van der Waals surface area (Å²) < 4.78 is 44.6. The molecule has 1 aromatic heterocycles. The van der Waals surface area contributed by atoms with Crippen molar-refractivity contribution >= 4 is 40.9 Å². The summed E-state index contributed by atoms with van der Waals surface area (Å²) >= 11 is 0. The molecular weight excluding hydrogens is 860 g/mol. The molecule has 64 heavy (non-hydrogen) atoms. The van der Waals surface area contributed by atoms with Crippen molar-refractivity contribution in [3.8, 4) is 51.6 Å². The van der Waals surface area contributed by atoms with Crippen LogP contribution in [0.5, 0.6) is 40.2 Å². The summed E-state index contributed by atoms with van der Waals surface area (Å²) in [6.45, 7) is -0.524. The Morgan fingerprint density at radius 1 is 0.703 bits per heavy atom. The van der Waals surface area contributed by atoms with Crippen molar-refractivity contribution in [1.29, 1.82) is 0 Å². The van der Waals surface area contributed by atoms with Crippen LogP contribution in [-0.2, 0) is 42.9 Å². The zero-order valence-corrected chi connectivity index (χ0v) is 33.1. The number of aliphatic carboxylic acids is 1. The average Bonchev–Trinajstić information content (AvgIpc) is 3.23. The van der Waals surface area contributed by atoms with Gasteiger partial charge in [-0.05, 0) is 23.8 Å². The fourth-order valence-corrected chi connectivity index (χ4v) is 6.48. The number of phenolic OH excluding ortho intramolecular Hbond substituents is 5. The molecule has 0 saturated carbocycles. The second-order valence-corrected chi connectivity index (χ2v) is 14.3. The topological polar surface area (TPSA) is 367 Å². The first kappa shape index (κ1) is 46.5. The molecular formula is C41H41O23+. The van der Waals surface area contributed by atoms with E-state index in [4.69, 9.17) is 42.7 Å². The molecule has 3 aromatic carbocycles. The highest BCUT2D eigenvalue weighted by atomic mass is 16.7. The first-order valence-corrected chi connectivity index (χ1v) is 18.9. The minimum atomic E-state index is -2.03. The van der Waals surface area contributed by atoms with E-state index < -0.39 is 145 Å². The average molecular weight is 902 g/mol. The number of hydrogen-bond acceptors (Lipinski definition) is 21. The smallest absolute Gasteiger partial charge is 0.402 e. The number of fused-ring (bicyclic) bond motifs is 1. The molecule has 0 amide bonds. The molecule has 23 heteroatoms. The molecule has 0 spiro atoms. The van der Waals surface area contributed by atoms with Crippen LogP contribution < -0.4 is 9.47 Å². The lowest BCUT2D eigenvalue weighted by Crippen LogP contribution is -2.61. The minimum absolute atomic E-state index is 0.00200. The van der Waals surface area contributed by atoms with Crippen LogP contribution in [-0.4, -0.2) is 155 Å². The number of carbonyl (C=O) groups is 4. The third-order valence-corrected chi connectivity index (χ3v) is 9.63. The van der Waals surface area contributed by atoms with Gasteiger partial charge in [-0.1, -0.05) is 12.1 Å². The van der Waals surface area contributed by atoms with Crippen LogP contribution in [0.4, 0.5) is 0 Å². The maximum absolute atomic E-state index is 12.5. The van der Waals surface area contributed by atoms with Gasteiger partial charge >= 0.3 is 35.2 Å². The number of carboxylic acids is 1. The molecule has 0 aliphatic carbocycles. The molecule has 2 fully saturated rings. The van der Waals surface area contributed by atoms with Crippen molar-refractivity contribution in [2.45, 2.75) is 74.8 Å². The molecule has 4 aromatic rings. The van der Waals surface area contributed by atoms with Crippen molar-refractivity contribution in [3.63, 3.8) is 0 Å². The molecule has 2 aliphatic heterocycles. The third kappa shape index (κ3) is 10.8. The first-order chi connectivity index (χ1) is 30.3. The number of carboxylic acid groups (broad SMARTS) is 1. The van der Waals surface area contributed by atoms with Crippen LogP contribution in [0.1, 0.15) is 18.9 Å². The van der Waals surface area contributed by atoms with Gasteiger partial charge < -0.3 is 89.3 Å². The highest BCUT2D eigenvalue weighted by molar-refractivity contribution is 5.90. The van der Waals surface area contributed by atoms with Gasteiger partial charge in [0.15, 0.2) is 23.4 Å². The van der Waals surface area contributed by atoms with Gasteiger partial charge in [0.2, 0.25) is 18.3 Å². The van der Waals surface area contributed by atoms with Crippen LogP contribution in [0, 0.1) is 0 Å². The summed E-state index contributed by atoms with van der Waals surface area (Å²) in [6, 6.07) is 10.8. The molecule has 0 bridgehead atoms. The van der Waals surface area contributed by atoms with Gasteiger partial charge in [0.1, 0.15) is 85.0 Å². The number of phenols is 5. The first-order valence-electron chi connectivity index (χ1n) is 18.9. The van der Waals surface area contributed by atoms with E-state index in [-0.39, 0.29) is 22.3 Å². The molecule has 3 heterocycles. The van der Waals surface area contributed by atoms with E-state index in [1.54, 1.807) is 0 Å². The largest absolute Gasteiger partial charge is 0.508 e. The van der Waals surface area contributed by atoms with E-state index in [2.05, 4.69) is 0 Å². The maximum Gasteiger partial charge on any atom is 0.402 e. The lowest BCUT2D eigenvalue weighted by atomic mass is 9.99. The predicted molar refractivity (Wildman–Crippen MR) is 208 cm³/mol. The number of aliphatic hydroxyl groups excluding tert-OH is 5. The Bertz CT molecular complexity index is 2380. The Labute approximate surface area is 359 Å². The van der Waals surface area contributed by atoms with Crippen LogP contribution in [0.15, 0.2) is 65.1 Å². The van der Waals surface area contributed by atoms with E-state index in [0.29, 0.717) is 5.56 Å². The predicted octanol–water partition coefficient (Wildman–Crippen LogP) is 0.127. The molecule has 342 valence electrons. The van der Waals surface area contributed by atoms with Crippen LogP contribution in [0.25, 0.3) is 28.4 Å². The second-order valence-electron chi connectivity index (χ2n) is 14.3. The van der Waals surface area contributed by atoms with Gasteiger partial charge in [0.25, 0.3) is 0 Å². The Hall–Kier alpha value is -6.99. The van der Waals surface area contributed by atoms with Gasteiger partial charge in [-0.3, -0.25) is 14.4 Å². The van der Waals surface area contributed by atoms with E-state index in [9.17, 15) is 70.2 Å². The van der Waals surface area contributed by atoms with Crippen molar-refractivity contribution in [2.24, 2.45) is 0 Å². The van der Waals surface area contributed by atoms with Gasteiger partial charge in [-0.15, -0.1) is 0 Å². The van der Waals surface area contributed by atoms with Gasteiger partial charge in [0, 0.05) is 37.3 Å². The van der Waals surface area contributed by atoms with Crippen LogP contribution in [0.2, 0.25) is 0 Å². The Morgan fingerprint density at radius 3 is 1.95 bits per heavy atom. The quantitative estimate of drug-likeness (QED) is 0.0200. The number of carbonyl (C=O) groups excluding carboxylic acids is 3. The standard InChI is InChI=1S/C41H40O23/c1-16(42)59-39-28(15-58-31(50)13-29(47)48)64-41(37(56)35(39)54)61-25-11-20(44)10-24-21(25)12-26(38(60-24)18-8-22(45)32(51)23(46)9-18)62-40-36(55)34(53)33(52)27(63-40)14-57-30(49)7-4-17-2-5-19(43)6-3-17/h2-12,27-28,33-37,39-41,52-56H,13-15H2,1H3,(H5-,43,44,45,46,47,48,49,51)/p+1/t27-,28?,33-,34?,35-,36?,37?,39-,40-,41-/m1/s1. The molecule has 4 unspecified atom stereocenters. The number of esters is 3. The fourth-order valence-electron chi connectivity index (χ4n) is 6.48. The van der Waals surface area contributed by atoms with Gasteiger partial charge in [0.05, 0.1) is 11.6 Å². The van der Waals surface area contributed by atoms with Crippen LogP contribution >= 0.6 is 0 Å². The number of aliphatic hydroxyl groups is 5.